The molecular weight excluding hydrogens is 238 g/mol. The van der Waals surface area contributed by atoms with E-state index in [0.717, 1.165) is 0 Å². The lowest BCUT2D eigenvalue weighted by atomic mass is 10.1. The van der Waals surface area contributed by atoms with Crippen LogP contribution in [-0.2, 0) is 4.79 Å². The van der Waals surface area contributed by atoms with Gasteiger partial charge in [-0.2, -0.15) is 0 Å². The summed E-state index contributed by atoms with van der Waals surface area (Å²) in [6, 6.07) is 5.00. The summed E-state index contributed by atoms with van der Waals surface area (Å²) in [7, 11) is 0. The average molecular weight is 251 g/mol. The molecule has 1 aromatic rings. The van der Waals surface area contributed by atoms with Crippen molar-refractivity contribution in [2.45, 2.75) is 6.92 Å². The molecule has 0 unspecified atom stereocenters. The summed E-state index contributed by atoms with van der Waals surface area (Å²) in [6.07, 6.45) is 0. The third-order valence-electron chi connectivity index (χ3n) is 2.63. The lowest BCUT2D eigenvalue weighted by Gasteiger charge is -2.09. The Labute approximate surface area is 104 Å². The second kappa shape index (κ2) is 4.95. The Balaban J connectivity index is 2.06. The Morgan fingerprint density at radius 3 is 2.94 bits per heavy atom. The van der Waals surface area contributed by atoms with Gasteiger partial charge in [0.1, 0.15) is 0 Å². The molecule has 1 atom stereocenters. The molecule has 0 radical (unpaired) electrons. The zero-order valence-electron chi connectivity index (χ0n) is 9.80. The molecule has 1 aromatic carbocycles. The van der Waals surface area contributed by atoms with Crippen molar-refractivity contribution in [3.05, 3.63) is 23.8 Å². The van der Waals surface area contributed by atoms with Gasteiger partial charge in [0.15, 0.2) is 11.5 Å². The van der Waals surface area contributed by atoms with Crippen LogP contribution in [0.2, 0.25) is 0 Å². The third kappa shape index (κ3) is 2.37. The van der Waals surface area contributed by atoms with Crippen molar-refractivity contribution in [1.82, 2.24) is 5.32 Å². The fourth-order valence-electron chi connectivity index (χ4n) is 1.54. The molecule has 1 amide bonds. The molecule has 2 N–H and O–H groups in total. The van der Waals surface area contributed by atoms with Gasteiger partial charge in [-0.25, -0.2) is 0 Å². The lowest BCUT2D eigenvalue weighted by molar-refractivity contribution is -0.140. The molecule has 0 saturated carbocycles. The molecule has 6 nitrogen and oxygen atoms in total. The Hall–Kier alpha value is -2.24. The maximum atomic E-state index is 11.9. The molecule has 0 aliphatic carbocycles. The van der Waals surface area contributed by atoms with Crippen molar-refractivity contribution in [1.29, 1.82) is 0 Å². The number of para-hydroxylation sites is 1. The van der Waals surface area contributed by atoms with E-state index in [4.69, 9.17) is 14.6 Å². The molecule has 1 aliphatic heterocycles. The monoisotopic (exact) mass is 251 g/mol. The zero-order chi connectivity index (χ0) is 13.1. The fourth-order valence-corrected chi connectivity index (χ4v) is 1.54. The minimum absolute atomic E-state index is 0.0681. The van der Waals surface area contributed by atoms with E-state index in [1.165, 1.54) is 6.92 Å². The number of carboxylic acid groups (broad SMARTS) is 1. The molecule has 0 bridgehead atoms. The molecule has 0 fully saturated rings. The van der Waals surface area contributed by atoms with Crippen LogP contribution in [0.5, 0.6) is 11.5 Å². The number of carbonyl (C=O) groups is 2. The number of fused-ring (bicyclic) bond motifs is 1. The molecule has 2 rings (SSSR count). The first kappa shape index (κ1) is 12.2. The molecule has 0 spiro atoms. The summed E-state index contributed by atoms with van der Waals surface area (Å²) in [6.45, 7) is 1.68. The van der Waals surface area contributed by atoms with E-state index >= 15 is 0 Å². The third-order valence-corrected chi connectivity index (χ3v) is 2.63. The number of hydrogen-bond acceptors (Lipinski definition) is 4. The van der Waals surface area contributed by atoms with E-state index in [1.807, 2.05) is 0 Å². The first-order valence-corrected chi connectivity index (χ1v) is 5.49. The normalized spacial score (nSPS) is 14.1. The molecule has 6 heteroatoms. The van der Waals surface area contributed by atoms with E-state index in [9.17, 15) is 9.59 Å². The topological polar surface area (TPSA) is 84.9 Å². The fraction of sp³-hybridized carbons (Fsp3) is 0.333. The largest absolute Gasteiger partial charge is 0.481 e. The van der Waals surface area contributed by atoms with Gasteiger partial charge in [-0.1, -0.05) is 13.0 Å². The second-order valence-corrected chi connectivity index (χ2v) is 3.99. The van der Waals surface area contributed by atoms with Crippen LogP contribution in [0, 0.1) is 5.92 Å². The van der Waals surface area contributed by atoms with Crippen molar-refractivity contribution in [3.8, 4) is 11.5 Å². The number of aliphatic carboxylic acids is 1. The van der Waals surface area contributed by atoms with E-state index in [0.29, 0.717) is 17.1 Å². The molecule has 1 aliphatic rings. The summed E-state index contributed by atoms with van der Waals surface area (Å²) < 4.78 is 10.4. The maximum Gasteiger partial charge on any atom is 0.308 e. The minimum Gasteiger partial charge on any atom is -0.481 e. The van der Waals surface area contributed by atoms with E-state index in [2.05, 4.69) is 5.32 Å². The number of nitrogens with one attached hydrogen (secondary N) is 1. The van der Waals surface area contributed by atoms with Gasteiger partial charge >= 0.3 is 5.97 Å². The van der Waals surface area contributed by atoms with Gasteiger partial charge in [-0.15, -0.1) is 0 Å². The van der Waals surface area contributed by atoms with Gasteiger partial charge in [0.25, 0.3) is 5.91 Å². The number of ether oxygens (including phenoxy) is 2. The number of rotatable bonds is 4. The highest BCUT2D eigenvalue weighted by Gasteiger charge is 2.22. The summed E-state index contributed by atoms with van der Waals surface area (Å²) in [4.78, 5) is 22.5. The predicted molar refractivity (Wildman–Crippen MR) is 61.7 cm³/mol. The lowest BCUT2D eigenvalue weighted by Crippen LogP contribution is -2.31. The van der Waals surface area contributed by atoms with Gasteiger partial charge in [0.05, 0.1) is 11.5 Å². The van der Waals surface area contributed by atoms with E-state index in [1.54, 1.807) is 18.2 Å². The van der Waals surface area contributed by atoms with Crippen LogP contribution in [0.25, 0.3) is 0 Å². The molecule has 0 aromatic heterocycles. The smallest absolute Gasteiger partial charge is 0.308 e. The van der Waals surface area contributed by atoms with Gasteiger partial charge in [-0.3, -0.25) is 9.59 Å². The van der Waals surface area contributed by atoms with Crippen molar-refractivity contribution >= 4 is 11.9 Å². The average Bonchev–Trinajstić information content (AvgIpc) is 2.83. The Morgan fingerprint density at radius 1 is 1.44 bits per heavy atom. The molecular formula is C12H13NO5. The Morgan fingerprint density at radius 2 is 2.22 bits per heavy atom. The Bertz CT molecular complexity index is 485. The molecule has 18 heavy (non-hydrogen) atoms. The second-order valence-electron chi connectivity index (χ2n) is 3.99. The quantitative estimate of drug-likeness (QED) is 0.829. The molecule has 1 heterocycles. The van der Waals surface area contributed by atoms with Crippen LogP contribution in [0.1, 0.15) is 17.3 Å². The minimum atomic E-state index is -0.951. The molecule has 0 saturated heterocycles. The van der Waals surface area contributed by atoms with Crippen LogP contribution in [0.4, 0.5) is 0 Å². The Kier molecular flexibility index (Phi) is 3.36. The summed E-state index contributed by atoms with van der Waals surface area (Å²) in [5, 5.41) is 11.3. The summed E-state index contributed by atoms with van der Waals surface area (Å²) in [5.74, 6) is -1.03. The van der Waals surface area contributed by atoms with Gasteiger partial charge < -0.3 is 19.9 Å². The van der Waals surface area contributed by atoms with Crippen LogP contribution in [0.3, 0.4) is 0 Å². The summed E-state index contributed by atoms with van der Waals surface area (Å²) >= 11 is 0. The number of hydrogen-bond donors (Lipinski definition) is 2. The van der Waals surface area contributed by atoms with Gasteiger partial charge in [-0.05, 0) is 12.1 Å². The first-order valence-electron chi connectivity index (χ1n) is 5.49. The van der Waals surface area contributed by atoms with E-state index < -0.39 is 11.9 Å². The van der Waals surface area contributed by atoms with Crippen molar-refractivity contribution < 1.29 is 24.2 Å². The first-order chi connectivity index (χ1) is 8.59. The van der Waals surface area contributed by atoms with Crippen LogP contribution >= 0.6 is 0 Å². The van der Waals surface area contributed by atoms with Crippen molar-refractivity contribution in [2.24, 2.45) is 5.92 Å². The maximum absolute atomic E-state index is 11.9. The zero-order valence-corrected chi connectivity index (χ0v) is 9.80. The van der Waals surface area contributed by atoms with Crippen molar-refractivity contribution in [3.63, 3.8) is 0 Å². The van der Waals surface area contributed by atoms with Gasteiger partial charge in [0, 0.05) is 6.54 Å². The summed E-state index contributed by atoms with van der Waals surface area (Å²) in [5.41, 5.74) is 0.350. The van der Waals surface area contributed by atoms with Crippen LogP contribution < -0.4 is 14.8 Å². The predicted octanol–water partition coefficient (Wildman–Crippen LogP) is 0.866. The number of amides is 1. The number of carbonyl (C=O) groups excluding carboxylic acids is 1. The highest BCUT2D eigenvalue weighted by molar-refractivity contribution is 5.98. The highest BCUT2D eigenvalue weighted by Crippen LogP contribution is 2.35. The molecule has 96 valence electrons. The van der Waals surface area contributed by atoms with Crippen LogP contribution in [-0.4, -0.2) is 30.3 Å². The SMILES string of the molecule is C[C@@H](CNC(=O)c1cccc2c1OCO2)C(=O)O. The number of carboxylic acids is 1. The van der Waals surface area contributed by atoms with E-state index in [-0.39, 0.29) is 19.2 Å². The van der Waals surface area contributed by atoms with Crippen LogP contribution in [0.15, 0.2) is 18.2 Å². The standard InChI is InChI=1S/C12H13NO5/c1-7(12(15)16)5-13-11(14)8-3-2-4-9-10(8)18-6-17-9/h2-4,7H,5-6H2,1H3,(H,13,14)(H,15,16)/t7-/m0/s1. The van der Waals surface area contributed by atoms with Crippen molar-refractivity contribution in [2.75, 3.05) is 13.3 Å². The highest BCUT2D eigenvalue weighted by atomic mass is 16.7. The van der Waals surface area contributed by atoms with Gasteiger partial charge in [0.2, 0.25) is 6.79 Å². The number of benzene rings is 1.